The van der Waals surface area contributed by atoms with Gasteiger partial charge in [-0.25, -0.2) is 0 Å². The summed E-state index contributed by atoms with van der Waals surface area (Å²) in [6, 6.07) is 9.52. The normalized spacial score (nSPS) is 14.9. The minimum Gasteiger partial charge on any atom is -0.495 e. The summed E-state index contributed by atoms with van der Waals surface area (Å²) in [7, 11) is 1.62. The van der Waals surface area contributed by atoms with Gasteiger partial charge in [0.1, 0.15) is 11.7 Å². The fourth-order valence-electron chi connectivity index (χ4n) is 3.31. The number of nitrogens with zero attached hydrogens (tertiary/aromatic N) is 5. The highest BCUT2D eigenvalue weighted by Crippen LogP contribution is 2.33. The second-order valence-electron chi connectivity index (χ2n) is 6.84. The highest BCUT2D eigenvalue weighted by molar-refractivity contribution is 7.99. The van der Waals surface area contributed by atoms with E-state index in [1.807, 2.05) is 34.9 Å². The molecule has 0 aliphatic carbocycles. The number of anilines is 1. The summed E-state index contributed by atoms with van der Waals surface area (Å²) in [5.74, 6) is 0.126. The van der Waals surface area contributed by atoms with Gasteiger partial charge in [0.2, 0.25) is 5.95 Å². The van der Waals surface area contributed by atoms with Crippen LogP contribution >= 0.6 is 11.8 Å². The van der Waals surface area contributed by atoms with E-state index in [-0.39, 0.29) is 17.2 Å². The monoisotopic (exact) mass is 412 g/mol. The number of ketones is 1. The van der Waals surface area contributed by atoms with E-state index in [9.17, 15) is 4.79 Å². The molecule has 0 amide bonds. The Bertz CT molecular complexity index is 929. The summed E-state index contributed by atoms with van der Waals surface area (Å²) in [4.78, 5) is 14.6. The lowest BCUT2D eigenvalue weighted by atomic mass is 10.0. The predicted octanol–water partition coefficient (Wildman–Crippen LogP) is 3.11. The van der Waals surface area contributed by atoms with E-state index >= 15 is 0 Å². The number of benzene rings is 1. The zero-order chi connectivity index (χ0) is 20.8. The first-order valence-corrected chi connectivity index (χ1v) is 10.5. The van der Waals surface area contributed by atoms with Gasteiger partial charge in [0.05, 0.1) is 24.6 Å². The average molecular weight is 413 g/mol. The Hall–Kier alpha value is -2.86. The fraction of sp³-hybridized carbons (Fsp3) is 0.450. The molecule has 1 fully saturated rings. The van der Waals surface area contributed by atoms with Gasteiger partial charge in [-0.1, -0.05) is 23.9 Å². The van der Waals surface area contributed by atoms with Crippen LogP contribution in [0.25, 0.3) is 5.69 Å². The summed E-state index contributed by atoms with van der Waals surface area (Å²) in [5.41, 5.74) is 0.855. The van der Waals surface area contributed by atoms with Crippen LogP contribution in [0.4, 0.5) is 5.95 Å². The number of carbonyl (C=O) groups is 1. The molecule has 0 radical (unpaired) electrons. The Balaban J connectivity index is 1.95. The smallest absolute Gasteiger partial charge is 0.232 e. The molecule has 9 heteroatoms. The zero-order valence-corrected chi connectivity index (χ0v) is 17.4. The largest absolute Gasteiger partial charge is 0.495 e. The number of aromatic nitrogens is 3. The first-order valence-electron chi connectivity index (χ1n) is 9.50. The van der Waals surface area contributed by atoms with Crippen LogP contribution in [-0.2, 0) is 4.79 Å². The van der Waals surface area contributed by atoms with Crippen LogP contribution in [0.5, 0.6) is 5.75 Å². The molecule has 1 unspecified atom stereocenters. The Morgan fingerprint density at radius 3 is 2.69 bits per heavy atom. The second kappa shape index (κ2) is 9.56. The third-order valence-corrected chi connectivity index (χ3v) is 5.76. The van der Waals surface area contributed by atoms with Gasteiger partial charge in [0.15, 0.2) is 10.9 Å². The van der Waals surface area contributed by atoms with Gasteiger partial charge in [-0.2, -0.15) is 5.26 Å². The zero-order valence-electron chi connectivity index (χ0n) is 16.6. The quantitative estimate of drug-likeness (QED) is 0.524. The average Bonchev–Trinajstić information content (AvgIpc) is 3.16. The molecule has 1 aliphatic rings. The van der Waals surface area contributed by atoms with Gasteiger partial charge in [0, 0.05) is 18.8 Å². The lowest BCUT2D eigenvalue weighted by molar-refractivity contribution is -0.117. The molecule has 8 nitrogen and oxygen atoms in total. The van der Waals surface area contributed by atoms with Crippen molar-refractivity contribution in [3.8, 4) is 17.5 Å². The maximum atomic E-state index is 12.4. The maximum Gasteiger partial charge on any atom is 0.232 e. The summed E-state index contributed by atoms with van der Waals surface area (Å²) in [6.45, 7) is 3.28. The number of nitrogens with one attached hydrogen (secondary N) is 1. The molecule has 1 aromatic heterocycles. The molecule has 2 heterocycles. The van der Waals surface area contributed by atoms with Crippen LogP contribution < -0.4 is 9.64 Å². The molecule has 3 rings (SSSR count). The van der Waals surface area contributed by atoms with E-state index in [2.05, 4.69) is 15.1 Å². The van der Waals surface area contributed by atoms with Crippen LogP contribution in [0.1, 0.15) is 26.2 Å². The van der Waals surface area contributed by atoms with Crippen molar-refractivity contribution in [3.05, 3.63) is 24.3 Å². The lowest BCUT2D eigenvalue weighted by Crippen LogP contribution is -2.31. The van der Waals surface area contributed by atoms with Crippen LogP contribution in [0, 0.1) is 22.7 Å². The molecule has 0 saturated carbocycles. The van der Waals surface area contributed by atoms with Gasteiger partial charge in [-0.05, 0) is 38.3 Å². The number of piperidine rings is 1. The number of nitriles is 1. The van der Waals surface area contributed by atoms with Gasteiger partial charge in [-0.15, -0.1) is 10.2 Å². The van der Waals surface area contributed by atoms with Crippen molar-refractivity contribution in [2.24, 2.45) is 5.92 Å². The minimum absolute atomic E-state index is 0.0434. The SMILES string of the molecule is COc1ccccc1-n1c(SCC(=O)C(C#N)C(C)=N)nnc1N1CCCCC1. The van der Waals surface area contributed by atoms with Gasteiger partial charge in [-0.3, -0.25) is 9.36 Å². The van der Waals surface area contributed by atoms with E-state index in [1.165, 1.54) is 25.1 Å². The van der Waals surface area contributed by atoms with Crippen LogP contribution in [0.2, 0.25) is 0 Å². The number of hydrogen-bond donors (Lipinski definition) is 1. The Morgan fingerprint density at radius 2 is 2.03 bits per heavy atom. The number of hydrogen-bond acceptors (Lipinski definition) is 8. The Kier molecular flexibility index (Phi) is 6.88. The van der Waals surface area contributed by atoms with Crippen LogP contribution in [-0.4, -0.2) is 52.2 Å². The molecule has 1 saturated heterocycles. The standard InChI is InChI=1S/C20H24N6O2S/c1-14(22)15(12-21)17(27)13-29-20-24-23-19(25-10-6-3-7-11-25)26(20)16-8-4-5-9-18(16)28-2/h4-5,8-9,15,22H,3,6-7,10-11,13H2,1-2H3. The summed E-state index contributed by atoms with van der Waals surface area (Å²) in [6.07, 6.45) is 3.40. The summed E-state index contributed by atoms with van der Waals surface area (Å²) in [5, 5.41) is 26.1. The molecular weight excluding hydrogens is 388 g/mol. The lowest BCUT2D eigenvalue weighted by Gasteiger charge is -2.28. The minimum atomic E-state index is -1.02. The van der Waals surface area contributed by atoms with Crippen LogP contribution in [0.3, 0.4) is 0 Å². The van der Waals surface area contributed by atoms with Crippen molar-refractivity contribution in [2.45, 2.75) is 31.3 Å². The Labute approximate surface area is 174 Å². The van der Waals surface area contributed by atoms with E-state index in [4.69, 9.17) is 15.4 Å². The number of carbonyl (C=O) groups excluding carboxylic acids is 1. The highest BCUT2D eigenvalue weighted by atomic mass is 32.2. The molecule has 29 heavy (non-hydrogen) atoms. The van der Waals surface area contributed by atoms with Crippen LogP contribution in [0.15, 0.2) is 29.4 Å². The van der Waals surface area contributed by atoms with Crippen molar-refractivity contribution >= 4 is 29.2 Å². The van der Waals surface area contributed by atoms with Crippen molar-refractivity contribution < 1.29 is 9.53 Å². The maximum absolute atomic E-state index is 12.4. The van der Waals surface area contributed by atoms with E-state index in [1.54, 1.807) is 7.11 Å². The molecule has 1 aliphatic heterocycles. The number of rotatable bonds is 8. The topological polar surface area (TPSA) is 108 Å². The molecule has 1 atom stereocenters. The molecule has 1 N–H and O–H groups in total. The van der Waals surface area contributed by atoms with Gasteiger partial charge < -0.3 is 15.0 Å². The Morgan fingerprint density at radius 1 is 1.31 bits per heavy atom. The molecule has 2 aromatic rings. The molecule has 0 bridgehead atoms. The first-order chi connectivity index (χ1) is 14.1. The molecule has 0 spiro atoms. The van der Waals surface area contributed by atoms with Crippen molar-refractivity contribution in [3.63, 3.8) is 0 Å². The third kappa shape index (κ3) is 4.59. The van der Waals surface area contributed by atoms with E-state index in [0.717, 1.165) is 37.6 Å². The van der Waals surface area contributed by atoms with Crippen molar-refractivity contribution in [1.29, 1.82) is 10.7 Å². The van der Waals surface area contributed by atoms with Gasteiger partial charge >= 0.3 is 0 Å². The number of para-hydroxylation sites is 2. The predicted molar refractivity (Wildman–Crippen MR) is 112 cm³/mol. The number of methoxy groups -OCH3 is 1. The number of Topliss-reactive ketones (excluding diaryl/α,β-unsaturated/α-hetero) is 1. The molecule has 152 valence electrons. The van der Waals surface area contributed by atoms with Crippen molar-refractivity contribution in [2.75, 3.05) is 30.9 Å². The van der Waals surface area contributed by atoms with Gasteiger partial charge in [0.25, 0.3) is 0 Å². The molecular formula is C20H24N6O2S. The highest BCUT2D eigenvalue weighted by Gasteiger charge is 2.25. The third-order valence-electron chi connectivity index (χ3n) is 4.81. The fourth-order valence-corrected chi connectivity index (χ4v) is 4.15. The first kappa shape index (κ1) is 20.9. The second-order valence-corrected chi connectivity index (χ2v) is 7.78. The van der Waals surface area contributed by atoms with Crippen molar-refractivity contribution in [1.82, 2.24) is 14.8 Å². The number of thioether (sulfide) groups is 1. The summed E-state index contributed by atoms with van der Waals surface area (Å²) >= 11 is 1.22. The van der Waals surface area contributed by atoms with E-state index < -0.39 is 5.92 Å². The van der Waals surface area contributed by atoms with E-state index in [0.29, 0.717) is 10.9 Å². The summed E-state index contributed by atoms with van der Waals surface area (Å²) < 4.78 is 7.45. The molecule has 1 aromatic carbocycles. The number of ether oxygens (including phenoxy) is 1.